The van der Waals surface area contributed by atoms with Gasteiger partial charge in [-0.3, -0.25) is 4.79 Å². The highest BCUT2D eigenvalue weighted by Crippen LogP contribution is 2.25. The van der Waals surface area contributed by atoms with Crippen molar-refractivity contribution in [2.45, 2.75) is 19.5 Å². The molecule has 1 saturated heterocycles. The van der Waals surface area contributed by atoms with Crippen molar-refractivity contribution in [1.82, 2.24) is 15.2 Å². The van der Waals surface area contributed by atoms with Gasteiger partial charge in [0.2, 0.25) is 5.91 Å². The van der Waals surface area contributed by atoms with E-state index < -0.39 is 0 Å². The minimum Gasteiger partial charge on any atom is -0.378 e. The fraction of sp³-hybridized carbons (Fsp3) is 0.290. The number of amides is 1. The standard InChI is InChI=1S/C31H34FN5O2S/c32-26-9-11-27(12-10-26)35-31-37(16-4-15-34-30(38)22-33-21-24-5-2-1-3-6-24)29(23-40-31)25-7-13-28(14-8-25)36-17-19-39-20-18-36/h1-3,5-14,23,33H,4,15-22H2,(H,34,38). The average Bonchev–Trinajstić information content (AvgIpc) is 3.39. The van der Waals surface area contributed by atoms with Crippen molar-refractivity contribution in [3.63, 3.8) is 0 Å². The third-order valence-corrected chi connectivity index (χ3v) is 7.59. The number of anilines is 1. The molecule has 1 aromatic heterocycles. The maximum Gasteiger partial charge on any atom is 0.233 e. The van der Waals surface area contributed by atoms with E-state index in [0.29, 0.717) is 25.3 Å². The maximum atomic E-state index is 13.4. The summed E-state index contributed by atoms with van der Waals surface area (Å²) in [5, 5.41) is 8.31. The molecule has 7 nitrogen and oxygen atoms in total. The van der Waals surface area contributed by atoms with Crippen LogP contribution < -0.4 is 20.3 Å². The summed E-state index contributed by atoms with van der Waals surface area (Å²) in [6.45, 7) is 5.45. The molecule has 40 heavy (non-hydrogen) atoms. The number of aromatic nitrogens is 1. The molecule has 0 radical (unpaired) electrons. The van der Waals surface area contributed by atoms with Gasteiger partial charge in [0.05, 0.1) is 31.1 Å². The fourth-order valence-corrected chi connectivity index (χ4v) is 5.56. The van der Waals surface area contributed by atoms with Crippen LogP contribution in [0.3, 0.4) is 0 Å². The first-order chi connectivity index (χ1) is 19.7. The second-order valence-corrected chi connectivity index (χ2v) is 10.4. The van der Waals surface area contributed by atoms with Crippen LogP contribution in [0.25, 0.3) is 11.3 Å². The maximum absolute atomic E-state index is 13.4. The molecule has 0 bridgehead atoms. The van der Waals surface area contributed by atoms with Gasteiger partial charge in [0.25, 0.3) is 0 Å². The summed E-state index contributed by atoms with van der Waals surface area (Å²) in [6.07, 6.45) is 0.747. The van der Waals surface area contributed by atoms with E-state index in [-0.39, 0.29) is 18.3 Å². The van der Waals surface area contributed by atoms with E-state index in [0.717, 1.165) is 54.3 Å². The van der Waals surface area contributed by atoms with Gasteiger partial charge in [-0.05, 0) is 53.9 Å². The zero-order chi connectivity index (χ0) is 27.6. The van der Waals surface area contributed by atoms with E-state index in [4.69, 9.17) is 9.73 Å². The molecule has 0 atom stereocenters. The normalized spacial score (nSPS) is 13.9. The minimum absolute atomic E-state index is 0.0265. The highest BCUT2D eigenvalue weighted by Gasteiger charge is 2.13. The summed E-state index contributed by atoms with van der Waals surface area (Å²) in [7, 11) is 0. The van der Waals surface area contributed by atoms with Crippen LogP contribution in [0.5, 0.6) is 0 Å². The number of nitrogens with one attached hydrogen (secondary N) is 2. The first kappa shape index (κ1) is 27.8. The summed E-state index contributed by atoms with van der Waals surface area (Å²) in [6, 6.07) is 24.8. The number of halogens is 1. The van der Waals surface area contributed by atoms with Gasteiger partial charge in [0.15, 0.2) is 4.80 Å². The number of hydrogen-bond acceptors (Lipinski definition) is 6. The van der Waals surface area contributed by atoms with Crippen LogP contribution in [-0.4, -0.2) is 49.9 Å². The van der Waals surface area contributed by atoms with Crippen LogP contribution in [0, 0.1) is 5.82 Å². The van der Waals surface area contributed by atoms with Gasteiger partial charge in [-0.2, -0.15) is 0 Å². The zero-order valence-electron chi connectivity index (χ0n) is 22.4. The summed E-state index contributed by atoms with van der Waals surface area (Å²) in [4.78, 5) is 20.3. The van der Waals surface area contributed by atoms with Crippen LogP contribution in [-0.2, 0) is 22.6 Å². The van der Waals surface area contributed by atoms with E-state index in [9.17, 15) is 9.18 Å². The van der Waals surface area contributed by atoms with Crippen molar-refractivity contribution in [2.24, 2.45) is 4.99 Å². The van der Waals surface area contributed by atoms with Gasteiger partial charge in [0, 0.05) is 43.8 Å². The number of carbonyl (C=O) groups is 1. The first-order valence-electron chi connectivity index (χ1n) is 13.6. The van der Waals surface area contributed by atoms with Crippen molar-refractivity contribution < 1.29 is 13.9 Å². The number of benzene rings is 3. The lowest BCUT2D eigenvalue weighted by atomic mass is 10.1. The predicted molar refractivity (Wildman–Crippen MR) is 158 cm³/mol. The molecule has 1 aliphatic rings. The quantitative estimate of drug-likeness (QED) is 0.261. The highest BCUT2D eigenvalue weighted by molar-refractivity contribution is 7.07. The highest BCUT2D eigenvalue weighted by atomic mass is 32.1. The van der Waals surface area contributed by atoms with Gasteiger partial charge in [-0.15, -0.1) is 11.3 Å². The number of hydrogen-bond donors (Lipinski definition) is 2. The number of thiazole rings is 1. The number of morpholine rings is 1. The van der Waals surface area contributed by atoms with Crippen LogP contribution in [0.1, 0.15) is 12.0 Å². The number of nitrogens with zero attached hydrogens (tertiary/aromatic N) is 3. The largest absolute Gasteiger partial charge is 0.378 e. The molecule has 208 valence electrons. The number of carbonyl (C=O) groups excluding carboxylic acids is 1. The lowest BCUT2D eigenvalue weighted by Gasteiger charge is -2.28. The molecule has 1 aliphatic heterocycles. The van der Waals surface area contributed by atoms with Gasteiger partial charge < -0.3 is 24.8 Å². The zero-order valence-corrected chi connectivity index (χ0v) is 23.2. The molecular formula is C31H34FN5O2S. The Hall–Kier alpha value is -3.79. The summed E-state index contributed by atoms with van der Waals surface area (Å²) >= 11 is 1.55. The van der Waals surface area contributed by atoms with Gasteiger partial charge in [-0.1, -0.05) is 42.5 Å². The smallest absolute Gasteiger partial charge is 0.233 e. The summed E-state index contributed by atoms with van der Waals surface area (Å²) < 4.78 is 21.1. The van der Waals surface area contributed by atoms with E-state index in [1.807, 2.05) is 30.3 Å². The molecule has 5 rings (SSSR count). The van der Waals surface area contributed by atoms with Gasteiger partial charge in [-0.25, -0.2) is 9.38 Å². The second kappa shape index (κ2) is 14.0. The number of rotatable bonds is 11. The Balaban J connectivity index is 1.25. The summed E-state index contributed by atoms with van der Waals surface area (Å²) in [5.74, 6) is -0.311. The molecule has 0 unspecified atom stereocenters. The van der Waals surface area contributed by atoms with Crippen molar-refractivity contribution in [1.29, 1.82) is 0 Å². The fourth-order valence-electron chi connectivity index (χ4n) is 4.60. The summed E-state index contributed by atoms with van der Waals surface area (Å²) in [5.41, 5.74) is 5.20. The molecule has 0 spiro atoms. The Bertz CT molecular complexity index is 1430. The molecular weight excluding hydrogens is 525 g/mol. The second-order valence-electron chi connectivity index (χ2n) is 9.58. The molecule has 1 fully saturated rings. The Morgan fingerprint density at radius 3 is 2.48 bits per heavy atom. The van der Waals surface area contributed by atoms with Crippen molar-refractivity contribution in [3.05, 3.63) is 100 Å². The monoisotopic (exact) mass is 559 g/mol. The third kappa shape index (κ3) is 7.65. The Labute approximate surface area is 238 Å². The minimum atomic E-state index is -0.284. The third-order valence-electron chi connectivity index (χ3n) is 6.73. The molecule has 2 N–H and O–H groups in total. The van der Waals surface area contributed by atoms with E-state index >= 15 is 0 Å². The molecule has 9 heteroatoms. The SMILES string of the molecule is O=C(CNCc1ccccc1)NCCCn1c(-c2ccc(N3CCOCC3)cc2)csc1=Nc1ccc(F)cc1. The average molecular weight is 560 g/mol. The van der Waals surface area contributed by atoms with Crippen molar-refractivity contribution in [3.8, 4) is 11.3 Å². The topological polar surface area (TPSA) is 70.9 Å². The van der Waals surface area contributed by atoms with Gasteiger partial charge >= 0.3 is 0 Å². The van der Waals surface area contributed by atoms with Crippen LogP contribution >= 0.6 is 11.3 Å². The molecule has 3 aromatic carbocycles. The molecule has 2 heterocycles. The Kier molecular flexibility index (Phi) is 9.73. The van der Waals surface area contributed by atoms with E-state index in [2.05, 4.69) is 49.7 Å². The number of ether oxygens (including phenoxy) is 1. The molecule has 1 amide bonds. The first-order valence-corrected chi connectivity index (χ1v) is 14.5. The molecule has 0 aliphatic carbocycles. The lowest BCUT2D eigenvalue weighted by Crippen LogP contribution is -2.36. The molecule has 4 aromatic rings. The Morgan fingerprint density at radius 2 is 1.73 bits per heavy atom. The lowest BCUT2D eigenvalue weighted by molar-refractivity contribution is -0.120. The van der Waals surface area contributed by atoms with Gasteiger partial charge in [0.1, 0.15) is 5.82 Å². The van der Waals surface area contributed by atoms with Crippen LogP contribution in [0.2, 0.25) is 0 Å². The van der Waals surface area contributed by atoms with Crippen LogP contribution in [0.15, 0.2) is 89.2 Å². The predicted octanol–water partition coefficient (Wildman–Crippen LogP) is 4.72. The van der Waals surface area contributed by atoms with E-state index in [1.54, 1.807) is 23.5 Å². The van der Waals surface area contributed by atoms with Crippen molar-refractivity contribution in [2.75, 3.05) is 44.3 Å². The van der Waals surface area contributed by atoms with E-state index in [1.165, 1.54) is 17.8 Å². The van der Waals surface area contributed by atoms with Crippen molar-refractivity contribution >= 4 is 28.6 Å². The molecule has 0 saturated carbocycles. The van der Waals surface area contributed by atoms with Crippen LogP contribution in [0.4, 0.5) is 15.8 Å². The Morgan fingerprint density at radius 1 is 0.975 bits per heavy atom.